The quantitative estimate of drug-likeness (QED) is 0.407. The fourth-order valence-corrected chi connectivity index (χ4v) is 5.47. The maximum Gasteiger partial charge on any atom is 0.221 e. The molecule has 1 atom stereocenters. The van der Waals surface area contributed by atoms with Gasteiger partial charge >= 0.3 is 0 Å². The van der Waals surface area contributed by atoms with Crippen molar-refractivity contribution in [3.8, 4) is 11.5 Å². The van der Waals surface area contributed by atoms with Crippen molar-refractivity contribution >= 4 is 15.9 Å². The second-order valence-electron chi connectivity index (χ2n) is 8.26. The summed E-state index contributed by atoms with van der Waals surface area (Å²) in [5.74, 6) is 1.32. The Labute approximate surface area is 193 Å². The Bertz CT molecular complexity index is 816. The lowest BCUT2D eigenvalue weighted by Crippen LogP contribution is -2.54. The van der Waals surface area contributed by atoms with Crippen LogP contribution in [0.1, 0.15) is 57.4 Å². The minimum Gasteiger partial charge on any atom is -0.493 e. The van der Waals surface area contributed by atoms with E-state index in [-0.39, 0.29) is 24.1 Å². The SMILES string of the molecule is CCCCCCCCS(=O)(=O)N1CCNC(CC(=O)NCc2ccc(OC)c(OC)c2)C1. The predicted molar refractivity (Wildman–Crippen MR) is 127 cm³/mol. The smallest absolute Gasteiger partial charge is 0.221 e. The summed E-state index contributed by atoms with van der Waals surface area (Å²) < 4.78 is 37.5. The van der Waals surface area contributed by atoms with Crippen molar-refractivity contribution in [3.63, 3.8) is 0 Å². The Morgan fingerprint density at radius 2 is 1.84 bits per heavy atom. The fourth-order valence-electron chi connectivity index (χ4n) is 3.87. The Morgan fingerprint density at radius 1 is 1.12 bits per heavy atom. The van der Waals surface area contributed by atoms with Crippen molar-refractivity contribution in [2.45, 2.75) is 64.5 Å². The first-order chi connectivity index (χ1) is 15.4. The normalized spacial score (nSPS) is 17.2. The monoisotopic (exact) mass is 469 g/mol. The minimum absolute atomic E-state index is 0.118. The summed E-state index contributed by atoms with van der Waals surface area (Å²) in [6, 6.07) is 5.31. The molecule has 0 aliphatic carbocycles. The Hall–Kier alpha value is -1.84. The maximum atomic E-state index is 12.7. The van der Waals surface area contributed by atoms with Gasteiger partial charge in [0.1, 0.15) is 0 Å². The topological polar surface area (TPSA) is 97.0 Å². The fraction of sp³-hybridized carbons (Fsp3) is 0.696. The highest BCUT2D eigenvalue weighted by atomic mass is 32.2. The van der Waals surface area contributed by atoms with E-state index < -0.39 is 10.0 Å². The molecule has 1 fully saturated rings. The third-order valence-corrected chi connectivity index (χ3v) is 7.66. The molecule has 182 valence electrons. The first-order valence-electron chi connectivity index (χ1n) is 11.6. The highest BCUT2D eigenvalue weighted by Crippen LogP contribution is 2.27. The second-order valence-corrected chi connectivity index (χ2v) is 10.4. The van der Waals surface area contributed by atoms with E-state index in [0.717, 1.165) is 18.4 Å². The summed E-state index contributed by atoms with van der Waals surface area (Å²) >= 11 is 0. The molecule has 8 nitrogen and oxygen atoms in total. The molecule has 0 aromatic heterocycles. The van der Waals surface area contributed by atoms with Crippen LogP contribution in [0.15, 0.2) is 18.2 Å². The standard InChI is InChI=1S/C23H39N3O5S/c1-4-5-6-7-8-9-14-32(28,29)26-13-12-24-20(18-26)16-23(27)25-17-19-10-11-21(30-2)22(15-19)31-3/h10-11,15,20,24H,4-9,12-14,16-18H2,1-3H3,(H,25,27). The number of hydrogen-bond acceptors (Lipinski definition) is 6. The van der Waals surface area contributed by atoms with Crippen LogP contribution in [0.3, 0.4) is 0 Å². The van der Waals surface area contributed by atoms with Gasteiger partial charge in [-0.15, -0.1) is 0 Å². The molecule has 0 saturated carbocycles. The van der Waals surface area contributed by atoms with Gasteiger partial charge in [0.05, 0.1) is 20.0 Å². The number of carbonyl (C=O) groups is 1. The largest absolute Gasteiger partial charge is 0.493 e. The van der Waals surface area contributed by atoms with Crippen LogP contribution in [0.2, 0.25) is 0 Å². The van der Waals surface area contributed by atoms with Crippen LogP contribution >= 0.6 is 0 Å². The number of benzene rings is 1. The van der Waals surface area contributed by atoms with E-state index >= 15 is 0 Å². The molecule has 1 aromatic rings. The van der Waals surface area contributed by atoms with Crippen molar-refractivity contribution in [2.75, 3.05) is 39.6 Å². The van der Waals surface area contributed by atoms with E-state index in [1.165, 1.54) is 19.3 Å². The number of nitrogens with one attached hydrogen (secondary N) is 2. The van der Waals surface area contributed by atoms with E-state index in [0.29, 0.717) is 44.1 Å². The van der Waals surface area contributed by atoms with Crippen LogP contribution in [0.25, 0.3) is 0 Å². The number of piperazine rings is 1. The van der Waals surface area contributed by atoms with Crippen LogP contribution in [0.5, 0.6) is 11.5 Å². The van der Waals surface area contributed by atoms with E-state index in [9.17, 15) is 13.2 Å². The zero-order chi connectivity index (χ0) is 23.4. The first kappa shape index (κ1) is 26.4. The molecular weight excluding hydrogens is 430 g/mol. The summed E-state index contributed by atoms with van der Waals surface area (Å²) in [6.07, 6.45) is 6.54. The van der Waals surface area contributed by atoms with Gasteiger partial charge in [0.15, 0.2) is 11.5 Å². The first-order valence-corrected chi connectivity index (χ1v) is 13.2. The minimum atomic E-state index is -3.28. The van der Waals surface area contributed by atoms with Gasteiger partial charge in [-0.25, -0.2) is 8.42 Å². The van der Waals surface area contributed by atoms with Gasteiger partial charge in [-0.05, 0) is 24.1 Å². The molecule has 1 saturated heterocycles. The molecule has 2 N–H and O–H groups in total. The van der Waals surface area contributed by atoms with E-state index in [4.69, 9.17) is 9.47 Å². The van der Waals surface area contributed by atoms with Gasteiger partial charge in [-0.3, -0.25) is 4.79 Å². The number of rotatable bonds is 14. The van der Waals surface area contributed by atoms with Crippen LogP contribution in [0, 0.1) is 0 Å². The molecule has 1 aliphatic rings. The number of sulfonamides is 1. The highest BCUT2D eigenvalue weighted by molar-refractivity contribution is 7.89. The van der Waals surface area contributed by atoms with E-state index in [2.05, 4.69) is 17.6 Å². The van der Waals surface area contributed by atoms with Crippen LogP contribution < -0.4 is 20.1 Å². The molecule has 0 radical (unpaired) electrons. The number of ether oxygens (including phenoxy) is 2. The van der Waals surface area contributed by atoms with Crippen molar-refractivity contribution in [1.82, 2.24) is 14.9 Å². The molecule has 32 heavy (non-hydrogen) atoms. The van der Waals surface area contributed by atoms with Gasteiger partial charge in [0.25, 0.3) is 0 Å². The molecule has 2 rings (SSSR count). The summed E-state index contributed by atoms with van der Waals surface area (Å²) in [5, 5.41) is 6.17. The van der Waals surface area contributed by atoms with E-state index in [1.54, 1.807) is 24.6 Å². The zero-order valence-electron chi connectivity index (χ0n) is 19.7. The highest BCUT2D eigenvalue weighted by Gasteiger charge is 2.29. The maximum absolute atomic E-state index is 12.7. The van der Waals surface area contributed by atoms with Gasteiger partial charge in [0.2, 0.25) is 15.9 Å². The number of amides is 1. The average molecular weight is 470 g/mol. The lowest BCUT2D eigenvalue weighted by molar-refractivity contribution is -0.121. The van der Waals surface area contributed by atoms with Gasteiger partial charge in [-0.1, -0.05) is 45.1 Å². The van der Waals surface area contributed by atoms with Crippen molar-refractivity contribution in [3.05, 3.63) is 23.8 Å². The number of hydrogen-bond donors (Lipinski definition) is 2. The van der Waals surface area contributed by atoms with Crippen molar-refractivity contribution in [2.24, 2.45) is 0 Å². The number of unbranched alkanes of at least 4 members (excludes halogenated alkanes) is 5. The Morgan fingerprint density at radius 3 is 2.56 bits per heavy atom. The molecular formula is C23H39N3O5S. The summed E-state index contributed by atoms with van der Waals surface area (Å²) in [5.41, 5.74) is 0.899. The third kappa shape index (κ3) is 8.60. The third-order valence-electron chi connectivity index (χ3n) is 5.74. The molecule has 0 spiro atoms. The van der Waals surface area contributed by atoms with Gasteiger partial charge < -0.3 is 20.1 Å². The number of methoxy groups -OCH3 is 2. The number of carbonyl (C=O) groups excluding carboxylic acids is 1. The molecule has 9 heteroatoms. The second kappa shape index (κ2) is 13.6. The van der Waals surface area contributed by atoms with E-state index in [1.807, 2.05) is 12.1 Å². The van der Waals surface area contributed by atoms with Crippen LogP contribution in [0.4, 0.5) is 0 Å². The lowest BCUT2D eigenvalue weighted by atomic mass is 10.1. The van der Waals surface area contributed by atoms with Crippen LogP contribution in [-0.2, 0) is 21.4 Å². The molecule has 1 unspecified atom stereocenters. The molecule has 1 heterocycles. The molecule has 1 aliphatic heterocycles. The van der Waals surface area contributed by atoms with Crippen LogP contribution in [-0.4, -0.2) is 64.3 Å². The van der Waals surface area contributed by atoms with Gasteiger partial charge in [0, 0.05) is 38.6 Å². The van der Waals surface area contributed by atoms with Crippen molar-refractivity contribution < 1.29 is 22.7 Å². The number of nitrogens with zero attached hydrogens (tertiary/aromatic N) is 1. The Balaban J connectivity index is 1.77. The molecule has 1 amide bonds. The predicted octanol–water partition coefficient (Wildman–Crippen LogP) is 2.67. The van der Waals surface area contributed by atoms with Gasteiger partial charge in [-0.2, -0.15) is 4.31 Å². The molecule has 1 aromatic carbocycles. The lowest BCUT2D eigenvalue weighted by Gasteiger charge is -2.32. The summed E-state index contributed by atoms with van der Waals surface area (Å²) in [6.45, 7) is 3.89. The molecule has 0 bridgehead atoms. The summed E-state index contributed by atoms with van der Waals surface area (Å²) in [7, 11) is -0.131. The van der Waals surface area contributed by atoms with Crippen molar-refractivity contribution in [1.29, 1.82) is 0 Å². The Kier molecular flexibility index (Phi) is 11.3. The average Bonchev–Trinajstić information content (AvgIpc) is 2.80. The summed E-state index contributed by atoms with van der Waals surface area (Å²) in [4.78, 5) is 12.4. The zero-order valence-corrected chi connectivity index (χ0v) is 20.5.